The minimum atomic E-state index is 0.0351. The molecular weight excluding hydrogens is 430 g/mol. The molecule has 1 aromatic carbocycles. The first-order chi connectivity index (χ1) is 15.2. The Morgan fingerprint density at radius 1 is 1.16 bits per heavy atom. The van der Waals surface area contributed by atoms with E-state index in [1.807, 2.05) is 39.1 Å². The number of nitrogens with zero attached hydrogens (tertiary/aromatic N) is 5. The van der Waals surface area contributed by atoms with Crippen molar-refractivity contribution in [3.8, 4) is 17.3 Å². The number of thiazole rings is 1. The second-order valence-electron chi connectivity index (χ2n) is 7.37. The highest BCUT2D eigenvalue weighted by atomic mass is 32.2. The summed E-state index contributed by atoms with van der Waals surface area (Å²) >= 11 is 3.05. The Balaban J connectivity index is 1.38. The van der Waals surface area contributed by atoms with Crippen molar-refractivity contribution < 1.29 is 9.21 Å². The van der Waals surface area contributed by atoms with Crippen LogP contribution in [0.5, 0.6) is 0 Å². The molecule has 31 heavy (non-hydrogen) atoms. The molecule has 0 unspecified atom stereocenters. The summed E-state index contributed by atoms with van der Waals surface area (Å²) in [6, 6.07) is 11.9. The quantitative estimate of drug-likeness (QED) is 0.391. The van der Waals surface area contributed by atoms with Crippen LogP contribution in [-0.2, 0) is 5.75 Å². The van der Waals surface area contributed by atoms with Crippen LogP contribution in [-0.4, -0.2) is 43.6 Å². The Labute approximate surface area is 188 Å². The van der Waals surface area contributed by atoms with Crippen LogP contribution in [0.15, 0.2) is 57.6 Å². The lowest BCUT2D eigenvalue weighted by Gasteiger charge is -2.12. The summed E-state index contributed by atoms with van der Waals surface area (Å²) in [4.78, 5) is 19.0. The number of hydrogen-bond donors (Lipinski definition) is 0. The van der Waals surface area contributed by atoms with E-state index in [4.69, 9.17) is 4.42 Å². The van der Waals surface area contributed by atoms with E-state index in [9.17, 15) is 4.79 Å². The monoisotopic (exact) mass is 451 g/mol. The van der Waals surface area contributed by atoms with Crippen LogP contribution >= 0.6 is 23.1 Å². The molecule has 0 atom stereocenters. The number of aryl methyl sites for hydroxylation is 1. The Hall–Kier alpha value is -2.91. The number of furan rings is 1. The molecule has 0 radical (unpaired) electrons. The predicted octanol–water partition coefficient (Wildman–Crippen LogP) is 4.82. The topological polar surface area (TPSA) is 77.1 Å². The lowest BCUT2D eigenvalue weighted by atomic mass is 10.2. The molecule has 1 aliphatic rings. The second kappa shape index (κ2) is 8.68. The van der Waals surface area contributed by atoms with Gasteiger partial charge in [0.25, 0.3) is 5.91 Å². The van der Waals surface area contributed by atoms with Gasteiger partial charge in [-0.05, 0) is 44.0 Å². The van der Waals surface area contributed by atoms with E-state index in [0.717, 1.165) is 41.8 Å². The SMILES string of the molecule is Cc1ccc(-n2c(SCc3nc(C(=O)N4CCCC4)cs3)nnc2-c2ccco2)cc1. The molecule has 1 amide bonds. The van der Waals surface area contributed by atoms with E-state index in [2.05, 4.69) is 34.2 Å². The van der Waals surface area contributed by atoms with Crippen molar-refractivity contribution in [2.24, 2.45) is 0 Å². The van der Waals surface area contributed by atoms with Crippen LogP contribution < -0.4 is 0 Å². The van der Waals surface area contributed by atoms with Crippen LogP contribution in [0.2, 0.25) is 0 Å². The molecule has 1 saturated heterocycles. The number of thioether (sulfide) groups is 1. The second-order valence-corrected chi connectivity index (χ2v) is 9.25. The molecular formula is C22H21N5O2S2. The zero-order valence-electron chi connectivity index (χ0n) is 17.0. The van der Waals surface area contributed by atoms with Gasteiger partial charge in [0.15, 0.2) is 10.9 Å². The van der Waals surface area contributed by atoms with Crippen molar-refractivity contribution in [2.75, 3.05) is 13.1 Å². The highest BCUT2D eigenvalue weighted by Gasteiger charge is 2.22. The van der Waals surface area contributed by atoms with Gasteiger partial charge in [-0.2, -0.15) is 0 Å². The molecule has 9 heteroatoms. The van der Waals surface area contributed by atoms with Crippen LogP contribution in [0.25, 0.3) is 17.3 Å². The normalized spacial score (nSPS) is 13.8. The summed E-state index contributed by atoms with van der Waals surface area (Å²) in [7, 11) is 0. The molecule has 1 aliphatic heterocycles. The van der Waals surface area contributed by atoms with Crippen LogP contribution in [0, 0.1) is 6.92 Å². The molecule has 1 fully saturated rings. The Morgan fingerprint density at radius 3 is 2.71 bits per heavy atom. The molecule has 0 bridgehead atoms. The third kappa shape index (κ3) is 4.15. The summed E-state index contributed by atoms with van der Waals surface area (Å²) in [5.41, 5.74) is 2.69. The first-order valence-electron chi connectivity index (χ1n) is 10.1. The molecule has 3 aromatic heterocycles. The van der Waals surface area contributed by atoms with E-state index < -0.39 is 0 Å². The van der Waals surface area contributed by atoms with Gasteiger partial charge in [0.2, 0.25) is 5.82 Å². The lowest BCUT2D eigenvalue weighted by molar-refractivity contribution is 0.0787. The Morgan fingerprint density at radius 2 is 1.97 bits per heavy atom. The maximum Gasteiger partial charge on any atom is 0.273 e. The van der Waals surface area contributed by atoms with Gasteiger partial charge >= 0.3 is 0 Å². The largest absolute Gasteiger partial charge is 0.461 e. The molecule has 4 heterocycles. The first kappa shape index (κ1) is 20.0. The smallest absolute Gasteiger partial charge is 0.273 e. The van der Waals surface area contributed by atoms with E-state index in [1.54, 1.807) is 18.0 Å². The fourth-order valence-electron chi connectivity index (χ4n) is 3.54. The maximum atomic E-state index is 12.6. The van der Waals surface area contributed by atoms with Crippen LogP contribution in [0.1, 0.15) is 33.9 Å². The van der Waals surface area contributed by atoms with Crippen molar-refractivity contribution in [1.29, 1.82) is 0 Å². The first-order valence-corrected chi connectivity index (χ1v) is 12.0. The number of benzene rings is 1. The zero-order chi connectivity index (χ0) is 21.2. The Kier molecular flexibility index (Phi) is 5.61. The predicted molar refractivity (Wildman–Crippen MR) is 121 cm³/mol. The third-order valence-corrected chi connectivity index (χ3v) is 7.13. The molecule has 0 spiro atoms. The summed E-state index contributed by atoms with van der Waals surface area (Å²) < 4.78 is 7.57. The van der Waals surface area contributed by atoms with Gasteiger partial charge in [0, 0.05) is 24.2 Å². The summed E-state index contributed by atoms with van der Waals surface area (Å²) in [6.07, 6.45) is 3.78. The summed E-state index contributed by atoms with van der Waals surface area (Å²) in [5, 5.41) is 12.3. The van der Waals surface area contributed by atoms with Gasteiger partial charge in [0.1, 0.15) is 10.7 Å². The fraction of sp³-hybridized carbons (Fsp3) is 0.273. The number of amides is 1. The lowest BCUT2D eigenvalue weighted by Crippen LogP contribution is -2.27. The standard InChI is InChI=1S/C22H21N5O2S2/c1-15-6-8-16(9-7-15)27-20(18-5-4-12-29-18)24-25-22(27)31-14-19-23-17(13-30-19)21(28)26-10-2-3-11-26/h4-9,12-13H,2-3,10-11,14H2,1H3. The van der Waals surface area contributed by atoms with Gasteiger partial charge in [-0.25, -0.2) is 4.98 Å². The minimum absolute atomic E-state index is 0.0351. The van der Waals surface area contributed by atoms with Crippen molar-refractivity contribution in [3.63, 3.8) is 0 Å². The Bertz CT molecular complexity index is 1180. The van der Waals surface area contributed by atoms with E-state index in [-0.39, 0.29) is 5.91 Å². The molecule has 0 N–H and O–H groups in total. The molecule has 5 rings (SSSR count). The highest BCUT2D eigenvalue weighted by molar-refractivity contribution is 7.98. The average Bonchev–Trinajstić information content (AvgIpc) is 3.59. The maximum absolute atomic E-state index is 12.6. The third-order valence-electron chi connectivity index (χ3n) is 5.16. The molecule has 7 nitrogen and oxygen atoms in total. The summed E-state index contributed by atoms with van der Waals surface area (Å²) in [5.74, 6) is 1.96. The van der Waals surface area contributed by atoms with Gasteiger partial charge in [-0.1, -0.05) is 29.5 Å². The number of carbonyl (C=O) groups excluding carboxylic acids is 1. The van der Waals surface area contributed by atoms with E-state index in [0.29, 0.717) is 23.0 Å². The van der Waals surface area contributed by atoms with Gasteiger partial charge in [-0.3, -0.25) is 9.36 Å². The number of aromatic nitrogens is 4. The van der Waals surface area contributed by atoms with Gasteiger partial charge < -0.3 is 9.32 Å². The van der Waals surface area contributed by atoms with Crippen molar-refractivity contribution >= 4 is 29.0 Å². The van der Waals surface area contributed by atoms with Crippen molar-refractivity contribution in [2.45, 2.75) is 30.7 Å². The van der Waals surface area contributed by atoms with Crippen molar-refractivity contribution in [1.82, 2.24) is 24.6 Å². The van der Waals surface area contributed by atoms with E-state index >= 15 is 0 Å². The number of rotatable bonds is 6. The molecule has 4 aromatic rings. The molecule has 0 saturated carbocycles. The summed E-state index contributed by atoms with van der Waals surface area (Å²) in [6.45, 7) is 3.72. The van der Waals surface area contributed by atoms with E-state index in [1.165, 1.54) is 16.9 Å². The van der Waals surface area contributed by atoms with Gasteiger partial charge in [-0.15, -0.1) is 21.5 Å². The molecule has 158 valence electrons. The van der Waals surface area contributed by atoms with Crippen LogP contribution in [0.4, 0.5) is 0 Å². The minimum Gasteiger partial charge on any atom is -0.461 e. The van der Waals surface area contributed by atoms with Crippen LogP contribution in [0.3, 0.4) is 0 Å². The van der Waals surface area contributed by atoms with Gasteiger partial charge in [0.05, 0.1) is 12.0 Å². The highest BCUT2D eigenvalue weighted by Crippen LogP contribution is 2.31. The zero-order valence-corrected chi connectivity index (χ0v) is 18.7. The number of likely N-dealkylation sites (tertiary alicyclic amines) is 1. The number of hydrogen-bond acceptors (Lipinski definition) is 7. The average molecular weight is 452 g/mol. The number of carbonyl (C=O) groups is 1. The van der Waals surface area contributed by atoms with Crippen molar-refractivity contribution in [3.05, 3.63) is 64.3 Å². The fourth-order valence-corrected chi connectivity index (χ4v) is 5.28. The molecule has 0 aliphatic carbocycles.